The van der Waals surface area contributed by atoms with E-state index in [1.165, 1.54) is 0 Å². The van der Waals surface area contributed by atoms with Crippen LogP contribution in [0.4, 0.5) is 3.89 Å². The summed E-state index contributed by atoms with van der Waals surface area (Å²) in [5.41, 5.74) is 2.27. The van der Waals surface area contributed by atoms with Crippen molar-refractivity contribution < 1.29 is 3.89 Å². The lowest BCUT2D eigenvalue weighted by atomic mass is 10.1. The molecule has 0 atom stereocenters. The highest BCUT2D eigenvalue weighted by Gasteiger charge is 1.96. The van der Waals surface area contributed by atoms with Gasteiger partial charge in [0.15, 0.2) is 0 Å². The van der Waals surface area contributed by atoms with Crippen molar-refractivity contribution in [1.29, 1.82) is 0 Å². The van der Waals surface area contributed by atoms with Crippen molar-refractivity contribution in [1.82, 2.24) is 0 Å². The number of hydrogen-bond acceptors (Lipinski definition) is 1. The third-order valence-electron chi connectivity index (χ3n) is 2.05. The van der Waals surface area contributed by atoms with Crippen LogP contribution in [0.3, 0.4) is 0 Å². The number of rotatable bonds is 2. The molecule has 0 fully saturated rings. The molecule has 0 saturated heterocycles. The summed E-state index contributed by atoms with van der Waals surface area (Å²) in [5, 5.41) is 0. The van der Waals surface area contributed by atoms with Gasteiger partial charge < -0.3 is 0 Å². The van der Waals surface area contributed by atoms with Crippen LogP contribution in [0.2, 0.25) is 0 Å². The van der Waals surface area contributed by atoms with Crippen LogP contribution in [0.25, 0.3) is 11.1 Å². The summed E-state index contributed by atoms with van der Waals surface area (Å²) in [4.78, 5) is 0.643. The summed E-state index contributed by atoms with van der Waals surface area (Å²) in [7, 11) is 0. The minimum absolute atomic E-state index is 0.273. The Labute approximate surface area is 87.1 Å². The zero-order valence-electron chi connectivity index (χ0n) is 7.48. The summed E-state index contributed by atoms with van der Waals surface area (Å²) < 4.78 is 12.2. The first-order valence-corrected chi connectivity index (χ1v) is 5.06. The topological polar surface area (TPSA) is 0 Å². The summed E-state index contributed by atoms with van der Waals surface area (Å²) in [6.45, 7) is 0. The molecular formula is C12H9FS. The Morgan fingerprint density at radius 1 is 0.714 bits per heavy atom. The number of halogens is 1. The standard InChI is InChI=1S/C12H9FS/c13-14-12-8-6-11(7-9-12)10-4-2-1-3-5-10/h1-9H. The fraction of sp³-hybridized carbons (Fsp3) is 0. The van der Waals surface area contributed by atoms with E-state index < -0.39 is 0 Å². The number of hydrogen-bond donors (Lipinski definition) is 0. The zero-order chi connectivity index (χ0) is 9.80. The quantitative estimate of drug-likeness (QED) is 0.701. The predicted molar refractivity (Wildman–Crippen MR) is 58.8 cm³/mol. The molecule has 2 aromatic rings. The van der Waals surface area contributed by atoms with Crippen molar-refractivity contribution in [3.8, 4) is 11.1 Å². The Bertz CT molecular complexity index is 394. The van der Waals surface area contributed by atoms with Crippen LogP contribution in [0.1, 0.15) is 0 Å². The minimum Gasteiger partial charge on any atom is -0.160 e. The van der Waals surface area contributed by atoms with Crippen molar-refractivity contribution in [3.63, 3.8) is 0 Å². The molecule has 0 aromatic heterocycles. The SMILES string of the molecule is FSc1ccc(-c2ccccc2)cc1. The molecule has 0 aliphatic heterocycles. The molecular weight excluding hydrogens is 195 g/mol. The normalized spacial score (nSPS) is 10.1. The van der Waals surface area contributed by atoms with Crippen LogP contribution in [0.15, 0.2) is 59.5 Å². The lowest BCUT2D eigenvalue weighted by Crippen LogP contribution is -1.76. The van der Waals surface area contributed by atoms with Crippen LogP contribution in [-0.2, 0) is 0 Å². The smallest absolute Gasteiger partial charge is 0.0812 e. The van der Waals surface area contributed by atoms with Crippen LogP contribution in [-0.4, -0.2) is 0 Å². The van der Waals surface area contributed by atoms with Crippen molar-refractivity contribution in [3.05, 3.63) is 54.6 Å². The van der Waals surface area contributed by atoms with Crippen LogP contribution in [0, 0.1) is 0 Å². The Morgan fingerprint density at radius 2 is 1.29 bits per heavy atom. The molecule has 0 aliphatic rings. The molecule has 2 heteroatoms. The van der Waals surface area contributed by atoms with Gasteiger partial charge in [-0.15, -0.1) is 0 Å². The third-order valence-corrected chi connectivity index (χ3v) is 2.50. The van der Waals surface area contributed by atoms with Crippen molar-refractivity contribution >= 4 is 12.1 Å². The average molecular weight is 204 g/mol. The van der Waals surface area contributed by atoms with Gasteiger partial charge in [-0.05, 0) is 23.3 Å². The molecule has 0 N–H and O–H groups in total. The maximum Gasteiger partial charge on any atom is 0.0812 e. The van der Waals surface area contributed by atoms with Gasteiger partial charge in [0.25, 0.3) is 0 Å². The summed E-state index contributed by atoms with van der Waals surface area (Å²) in [6.07, 6.45) is 0. The fourth-order valence-electron chi connectivity index (χ4n) is 1.33. The lowest BCUT2D eigenvalue weighted by molar-refractivity contribution is 0.934. The van der Waals surface area contributed by atoms with E-state index in [-0.39, 0.29) is 12.1 Å². The van der Waals surface area contributed by atoms with Gasteiger partial charge in [-0.1, -0.05) is 42.5 Å². The summed E-state index contributed by atoms with van der Waals surface area (Å²) >= 11 is 0.273. The second kappa shape index (κ2) is 4.29. The maximum atomic E-state index is 12.2. The first-order valence-electron chi connectivity index (χ1n) is 4.34. The van der Waals surface area contributed by atoms with E-state index in [1.807, 2.05) is 42.5 Å². The Kier molecular flexibility index (Phi) is 2.84. The van der Waals surface area contributed by atoms with E-state index in [0.717, 1.165) is 11.1 Å². The van der Waals surface area contributed by atoms with Crippen LogP contribution < -0.4 is 0 Å². The van der Waals surface area contributed by atoms with Gasteiger partial charge >= 0.3 is 0 Å². The van der Waals surface area contributed by atoms with Gasteiger partial charge in [0.1, 0.15) is 0 Å². The van der Waals surface area contributed by atoms with Crippen LogP contribution >= 0.6 is 12.1 Å². The predicted octanol–water partition coefficient (Wildman–Crippen LogP) is 4.33. The molecule has 0 saturated carbocycles. The van der Waals surface area contributed by atoms with Gasteiger partial charge in [0.05, 0.1) is 12.1 Å². The Hall–Kier alpha value is -1.28. The second-order valence-electron chi connectivity index (χ2n) is 2.97. The molecule has 2 aromatic carbocycles. The molecule has 0 nitrogen and oxygen atoms in total. The highest BCUT2D eigenvalue weighted by atomic mass is 32.2. The van der Waals surface area contributed by atoms with Gasteiger partial charge in [-0.3, -0.25) is 0 Å². The van der Waals surface area contributed by atoms with Crippen molar-refractivity contribution in [2.24, 2.45) is 0 Å². The number of benzene rings is 2. The van der Waals surface area contributed by atoms with Gasteiger partial charge in [-0.25, -0.2) is 0 Å². The van der Waals surface area contributed by atoms with Gasteiger partial charge in [0.2, 0.25) is 0 Å². The van der Waals surface area contributed by atoms with Crippen molar-refractivity contribution in [2.45, 2.75) is 4.90 Å². The van der Waals surface area contributed by atoms with E-state index in [4.69, 9.17) is 0 Å². The highest BCUT2D eigenvalue weighted by molar-refractivity contribution is 7.94. The minimum atomic E-state index is 0.273. The third kappa shape index (κ3) is 1.96. The van der Waals surface area contributed by atoms with Gasteiger partial charge in [0, 0.05) is 4.90 Å². The molecule has 0 amide bonds. The first-order chi connectivity index (χ1) is 6.90. The van der Waals surface area contributed by atoms with E-state index in [9.17, 15) is 3.89 Å². The van der Waals surface area contributed by atoms with E-state index in [2.05, 4.69) is 0 Å². The molecule has 2 rings (SSSR count). The summed E-state index contributed by atoms with van der Waals surface area (Å²) in [6, 6.07) is 17.5. The molecule has 0 aliphatic carbocycles. The van der Waals surface area contributed by atoms with E-state index in [1.54, 1.807) is 12.1 Å². The van der Waals surface area contributed by atoms with E-state index in [0.29, 0.717) is 4.90 Å². The maximum absolute atomic E-state index is 12.2. The van der Waals surface area contributed by atoms with Crippen molar-refractivity contribution in [2.75, 3.05) is 0 Å². The van der Waals surface area contributed by atoms with Crippen LogP contribution in [0.5, 0.6) is 0 Å². The fourth-order valence-corrected chi connectivity index (χ4v) is 1.57. The summed E-state index contributed by atoms with van der Waals surface area (Å²) in [5.74, 6) is 0. The second-order valence-corrected chi connectivity index (χ2v) is 3.59. The lowest BCUT2D eigenvalue weighted by Gasteiger charge is -2.00. The molecule has 0 bridgehead atoms. The Balaban J connectivity index is 2.34. The zero-order valence-corrected chi connectivity index (χ0v) is 8.30. The van der Waals surface area contributed by atoms with E-state index >= 15 is 0 Å². The average Bonchev–Trinajstić information content (AvgIpc) is 2.30. The first kappa shape index (κ1) is 9.28. The molecule has 70 valence electrons. The molecule has 0 heterocycles. The molecule has 0 spiro atoms. The largest absolute Gasteiger partial charge is 0.160 e. The van der Waals surface area contributed by atoms with Gasteiger partial charge in [-0.2, -0.15) is 3.89 Å². The molecule has 0 radical (unpaired) electrons. The Morgan fingerprint density at radius 3 is 1.86 bits per heavy atom. The molecule has 14 heavy (non-hydrogen) atoms. The molecule has 0 unspecified atom stereocenters. The highest BCUT2D eigenvalue weighted by Crippen LogP contribution is 2.24. The monoisotopic (exact) mass is 204 g/mol.